The van der Waals surface area contributed by atoms with Gasteiger partial charge in [0.1, 0.15) is 17.7 Å². The molecule has 3 rings (SSSR count). The van der Waals surface area contributed by atoms with E-state index in [0.717, 1.165) is 38.8 Å². The number of ether oxygens (including phenoxy) is 1. The molecule has 1 saturated heterocycles. The van der Waals surface area contributed by atoms with E-state index >= 15 is 0 Å². The minimum Gasteiger partial charge on any atom is -0.490 e. The Labute approximate surface area is 149 Å². The van der Waals surface area contributed by atoms with Crippen LogP contribution in [0.3, 0.4) is 0 Å². The van der Waals surface area contributed by atoms with E-state index < -0.39 is 0 Å². The van der Waals surface area contributed by atoms with Crippen molar-refractivity contribution in [2.45, 2.75) is 57.5 Å². The molecule has 2 N–H and O–H groups in total. The molecule has 0 radical (unpaired) electrons. The van der Waals surface area contributed by atoms with E-state index in [0.29, 0.717) is 18.7 Å². The fourth-order valence-corrected chi connectivity index (χ4v) is 4.12. The van der Waals surface area contributed by atoms with Gasteiger partial charge in [-0.1, -0.05) is 19.3 Å². The van der Waals surface area contributed by atoms with Crippen molar-refractivity contribution in [3.8, 4) is 5.75 Å². The van der Waals surface area contributed by atoms with E-state index in [-0.39, 0.29) is 23.2 Å². The maximum atomic E-state index is 12.9. The van der Waals surface area contributed by atoms with Crippen molar-refractivity contribution in [1.29, 1.82) is 0 Å². The summed E-state index contributed by atoms with van der Waals surface area (Å²) in [4.78, 5) is 14.7. The van der Waals surface area contributed by atoms with Crippen LogP contribution < -0.4 is 10.5 Å². The summed E-state index contributed by atoms with van der Waals surface area (Å²) in [5.41, 5.74) is 6.04. The van der Waals surface area contributed by atoms with Crippen molar-refractivity contribution in [1.82, 2.24) is 4.90 Å². The first kappa shape index (κ1) is 18.2. The molecule has 0 unspecified atom stereocenters. The van der Waals surface area contributed by atoms with Crippen LogP contribution in [0.4, 0.5) is 4.39 Å². The lowest BCUT2D eigenvalue weighted by Gasteiger charge is -2.39. The van der Waals surface area contributed by atoms with Crippen molar-refractivity contribution in [3.63, 3.8) is 0 Å². The van der Waals surface area contributed by atoms with Crippen LogP contribution in [0.5, 0.6) is 5.75 Å². The summed E-state index contributed by atoms with van der Waals surface area (Å²) >= 11 is 0. The van der Waals surface area contributed by atoms with E-state index in [4.69, 9.17) is 10.5 Å². The molecule has 25 heavy (non-hydrogen) atoms. The highest BCUT2D eigenvalue weighted by Gasteiger charge is 2.35. The third kappa shape index (κ3) is 4.72. The quantitative estimate of drug-likeness (QED) is 0.886. The first-order chi connectivity index (χ1) is 12.1. The van der Waals surface area contributed by atoms with Gasteiger partial charge in [-0.15, -0.1) is 0 Å². The normalized spacial score (nSPS) is 21.1. The molecule has 1 amide bonds. The van der Waals surface area contributed by atoms with Gasteiger partial charge in [-0.3, -0.25) is 4.79 Å². The predicted molar refractivity (Wildman–Crippen MR) is 95.8 cm³/mol. The lowest BCUT2D eigenvalue weighted by atomic mass is 9.71. The predicted octanol–water partition coefficient (Wildman–Crippen LogP) is 3.49. The second kappa shape index (κ2) is 8.17. The number of amides is 1. The minimum atomic E-state index is -0.260. The molecule has 4 nitrogen and oxygen atoms in total. The Morgan fingerprint density at radius 1 is 1.16 bits per heavy atom. The largest absolute Gasteiger partial charge is 0.490 e. The summed E-state index contributed by atoms with van der Waals surface area (Å²) in [6, 6.07) is 6.12. The van der Waals surface area contributed by atoms with Crippen molar-refractivity contribution >= 4 is 5.91 Å². The molecule has 0 aromatic heterocycles. The highest BCUT2D eigenvalue weighted by atomic mass is 19.1. The molecular weight excluding hydrogens is 319 g/mol. The molecule has 1 aliphatic carbocycles. The Balaban J connectivity index is 1.48. The Morgan fingerprint density at radius 2 is 1.80 bits per heavy atom. The third-order valence-corrected chi connectivity index (χ3v) is 5.78. The molecule has 2 fully saturated rings. The number of likely N-dealkylation sites (tertiary alicyclic amines) is 1. The van der Waals surface area contributed by atoms with Gasteiger partial charge in [0, 0.05) is 32.4 Å². The van der Waals surface area contributed by atoms with Crippen molar-refractivity contribution in [2.24, 2.45) is 11.1 Å². The summed E-state index contributed by atoms with van der Waals surface area (Å²) in [5.74, 6) is 0.673. The fourth-order valence-electron chi connectivity index (χ4n) is 4.12. The first-order valence-electron chi connectivity index (χ1n) is 9.50. The maximum absolute atomic E-state index is 12.9. The zero-order valence-corrected chi connectivity index (χ0v) is 14.9. The van der Waals surface area contributed by atoms with Crippen LogP contribution in [0, 0.1) is 11.2 Å². The molecule has 5 heteroatoms. The Hall–Kier alpha value is -1.62. The number of carbonyl (C=O) groups excluding carboxylic acids is 1. The van der Waals surface area contributed by atoms with E-state index in [1.807, 2.05) is 4.90 Å². The second-order valence-corrected chi connectivity index (χ2v) is 7.59. The zero-order chi connectivity index (χ0) is 17.7. The van der Waals surface area contributed by atoms with Gasteiger partial charge >= 0.3 is 0 Å². The molecule has 138 valence electrons. The van der Waals surface area contributed by atoms with E-state index in [2.05, 4.69) is 0 Å². The van der Waals surface area contributed by atoms with Gasteiger partial charge in [0.25, 0.3) is 0 Å². The van der Waals surface area contributed by atoms with Crippen LogP contribution >= 0.6 is 0 Å². The number of piperidine rings is 1. The molecule has 0 atom stereocenters. The van der Waals surface area contributed by atoms with Crippen LogP contribution in [-0.4, -0.2) is 36.5 Å². The number of carbonyl (C=O) groups is 1. The van der Waals surface area contributed by atoms with Crippen molar-refractivity contribution < 1.29 is 13.9 Å². The molecule has 1 aromatic rings. The second-order valence-electron chi connectivity index (χ2n) is 7.59. The summed E-state index contributed by atoms with van der Waals surface area (Å²) in [7, 11) is 0. The number of nitrogens with zero attached hydrogens (tertiary/aromatic N) is 1. The summed E-state index contributed by atoms with van der Waals surface area (Å²) in [5, 5.41) is 0. The van der Waals surface area contributed by atoms with Crippen LogP contribution in [0.2, 0.25) is 0 Å². The third-order valence-electron chi connectivity index (χ3n) is 5.78. The van der Waals surface area contributed by atoms with Gasteiger partial charge < -0.3 is 15.4 Å². The smallest absolute Gasteiger partial charge is 0.223 e. The van der Waals surface area contributed by atoms with Gasteiger partial charge in [-0.2, -0.15) is 0 Å². The Morgan fingerprint density at radius 3 is 2.40 bits per heavy atom. The molecule has 0 spiro atoms. The maximum Gasteiger partial charge on any atom is 0.223 e. The van der Waals surface area contributed by atoms with Gasteiger partial charge in [0.2, 0.25) is 5.91 Å². The lowest BCUT2D eigenvalue weighted by molar-refractivity contribution is -0.136. The number of hydrogen-bond acceptors (Lipinski definition) is 3. The molecule has 1 aliphatic heterocycles. The Kier molecular flexibility index (Phi) is 5.94. The monoisotopic (exact) mass is 348 g/mol. The van der Waals surface area contributed by atoms with Gasteiger partial charge in [0.15, 0.2) is 0 Å². The molecule has 1 saturated carbocycles. The number of rotatable bonds is 5. The van der Waals surface area contributed by atoms with E-state index in [1.165, 1.54) is 31.4 Å². The first-order valence-corrected chi connectivity index (χ1v) is 9.50. The molecule has 1 heterocycles. The average Bonchev–Trinajstić information content (AvgIpc) is 2.65. The van der Waals surface area contributed by atoms with Crippen LogP contribution in [0.25, 0.3) is 0 Å². The molecular formula is C20H29FN2O2. The molecule has 2 aliphatic rings. The number of hydrogen-bond donors (Lipinski definition) is 1. The van der Waals surface area contributed by atoms with Crippen LogP contribution in [0.1, 0.15) is 51.4 Å². The summed E-state index contributed by atoms with van der Waals surface area (Å²) < 4.78 is 18.9. The van der Waals surface area contributed by atoms with Crippen LogP contribution in [0.15, 0.2) is 24.3 Å². The molecule has 0 bridgehead atoms. The highest BCUT2D eigenvalue weighted by Crippen LogP contribution is 2.39. The highest BCUT2D eigenvalue weighted by molar-refractivity contribution is 5.77. The Bertz CT molecular complexity index is 562. The number of nitrogens with two attached hydrogens (primary N) is 1. The standard InChI is InChI=1S/C20H29FN2O2/c21-16-4-6-17(7-5-16)25-18-8-12-23(13-9-18)19(24)14-20(15-22)10-2-1-3-11-20/h4-7,18H,1-3,8-15,22H2. The average molecular weight is 348 g/mol. The van der Waals surface area contributed by atoms with Crippen LogP contribution in [-0.2, 0) is 4.79 Å². The van der Waals surface area contributed by atoms with E-state index in [1.54, 1.807) is 12.1 Å². The van der Waals surface area contributed by atoms with Gasteiger partial charge in [-0.05, 0) is 49.1 Å². The van der Waals surface area contributed by atoms with Crippen molar-refractivity contribution in [2.75, 3.05) is 19.6 Å². The lowest BCUT2D eigenvalue weighted by Crippen LogP contribution is -2.45. The fraction of sp³-hybridized carbons (Fsp3) is 0.650. The van der Waals surface area contributed by atoms with Gasteiger partial charge in [0.05, 0.1) is 0 Å². The number of benzene rings is 1. The zero-order valence-electron chi connectivity index (χ0n) is 14.9. The van der Waals surface area contributed by atoms with E-state index in [9.17, 15) is 9.18 Å². The number of halogens is 1. The summed E-state index contributed by atoms with van der Waals surface area (Å²) in [6.45, 7) is 2.07. The SMILES string of the molecule is NCC1(CC(=O)N2CCC(Oc3ccc(F)cc3)CC2)CCCCC1. The van der Waals surface area contributed by atoms with Gasteiger partial charge in [-0.25, -0.2) is 4.39 Å². The molecule has 1 aromatic carbocycles. The topological polar surface area (TPSA) is 55.6 Å². The summed E-state index contributed by atoms with van der Waals surface area (Å²) in [6.07, 6.45) is 8.13. The van der Waals surface area contributed by atoms with Crippen molar-refractivity contribution in [3.05, 3.63) is 30.1 Å². The minimum absolute atomic E-state index is 0.0246.